The number of nitrogens with zero attached hydrogens (tertiary/aromatic N) is 1. The number of fused-ring (bicyclic) bond motifs is 1. The number of amides is 1. The highest BCUT2D eigenvalue weighted by molar-refractivity contribution is 5.94. The maximum atomic E-state index is 12.2. The molecular formula is C13H16N2O5. The summed E-state index contributed by atoms with van der Waals surface area (Å²) < 4.78 is 15.9. The van der Waals surface area contributed by atoms with Crippen LogP contribution in [0.4, 0.5) is 0 Å². The number of hydrogen-bond acceptors (Lipinski definition) is 6. The highest BCUT2D eigenvalue weighted by Crippen LogP contribution is 2.27. The van der Waals surface area contributed by atoms with Crippen LogP contribution in [0.15, 0.2) is 18.3 Å². The Hall–Kier alpha value is -1.70. The minimum Gasteiger partial charge on any atom is -0.481 e. The van der Waals surface area contributed by atoms with Crippen LogP contribution in [0.1, 0.15) is 10.4 Å². The van der Waals surface area contributed by atoms with Crippen molar-refractivity contribution >= 4 is 5.91 Å². The molecular weight excluding hydrogens is 264 g/mol. The Labute approximate surface area is 115 Å². The molecule has 0 spiro atoms. The summed E-state index contributed by atoms with van der Waals surface area (Å²) in [7, 11) is 1.49. The second-order valence-corrected chi connectivity index (χ2v) is 4.83. The maximum absolute atomic E-state index is 12.2. The van der Waals surface area contributed by atoms with E-state index >= 15 is 0 Å². The van der Waals surface area contributed by atoms with Gasteiger partial charge in [-0.15, -0.1) is 0 Å². The Morgan fingerprint density at radius 1 is 1.45 bits per heavy atom. The van der Waals surface area contributed by atoms with Crippen molar-refractivity contribution in [2.75, 3.05) is 20.3 Å². The topological polar surface area (TPSA) is 89.9 Å². The summed E-state index contributed by atoms with van der Waals surface area (Å²) in [5, 5.41) is 12.5. The van der Waals surface area contributed by atoms with Crippen molar-refractivity contribution in [3.05, 3.63) is 23.9 Å². The van der Waals surface area contributed by atoms with E-state index in [9.17, 15) is 9.90 Å². The van der Waals surface area contributed by atoms with E-state index in [0.29, 0.717) is 18.1 Å². The first-order chi connectivity index (χ1) is 9.69. The fourth-order valence-corrected chi connectivity index (χ4v) is 2.52. The molecule has 2 fully saturated rings. The summed E-state index contributed by atoms with van der Waals surface area (Å²) in [4.78, 5) is 16.1. The summed E-state index contributed by atoms with van der Waals surface area (Å²) in [6.45, 7) is 0.575. The smallest absolute Gasteiger partial charge is 0.251 e. The van der Waals surface area contributed by atoms with Crippen LogP contribution in [-0.2, 0) is 9.47 Å². The van der Waals surface area contributed by atoms with Gasteiger partial charge in [0.2, 0.25) is 5.88 Å². The van der Waals surface area contributed by atoms with Gasteiger partial charge in [-0.3, -0.25) is 4.79 Å². The summed E-state index contributed by atoms with van der Waals surface area (Å²) in [6, 6.07) is 2.91. The fraction of sp³-hybridized carbons (Fsp3) is 0.538. The number of aliphatic hydroxyl groups excluding tert-OH is 1. The van der Waals surface area contributed by atoms with Crippen molar-refractivity contribution in [3.63, 3.8) is 0 Å². The van der Waals surface area contributed by atoms with Crippen molar-refractivity contribution in [2.45, 2.75) is 24.4 Å². The lowest BCUT2D eigenvalue weighted by Crippen LogP contribution is -2.44. The zero-order valence-electron chi connectivity index (χ0n) is 11.0. The molecule has 0 aromatic carbocycles. The Kier molecular flexibility index (Phi) is 3.56. The number of pyridine rings is 1. The van der Waals surface area contributed by atoms with Gasteiger partial charge >= 0.3 is 0 Å². The summed E-state index contributed by atoms with van der Waals surface area (Å²) in [5.74, 6) is 0.135. The third kappa shape index (κ3) is 2.35. The largest absolute Gasteiger partial charge is 0.481 e. The summed E-state index contributed by atoms with van der Waals surface area (Å²) >= 11 is 0. The van der Waals surface area contributed by atoms with Crippen LogP contribution in [0.25, 0.3) is 0 Å². The SMILES string of the molecule is COc1cc(C(=O)N[C@H]2CO[C@H]3[C@@H]2OC[C@@H]3O)ccn1. The summed E-state index contributed by atoms with van der Waals surface area (Å²) in [6.07, 6.45) is 0.241. The molecule has 2 aliphatic heterocycles. The molecule has 7 heteroatoms. The van der Waals surface area contributed by atoms with Gasteiger partial charge in [-0.1, -0.05) is 0 Å². The number of hydrogen-bond donors (Lipinski definition) is 2. The Balaban J connectivity index is 1.67. The predicted octanol–water partition coefficient (Wildman–Crippen LogP) is -0.653. The Morgan fingerprint density at radius 2 is 2.25 bits per heavy atom. The molecule has 0 saturated carbocycles. The fourth-order valence-electron chi connectivity index (χ4n) is 2.52. The monoisotopic (exact) mass is 280 g/mol. The van der Waals surface area contributed by atoms with Gasteiger partial charge in [-0.05, 0) is 6.07 Å². The van der Waals surface area contributed by atoms with Crippen LogP contribution >= 0.6 is 0 Å². The molecule has 108 valence electrons. The number of carbonyl (C=O) groups excluding carboxylic acids is 1. The Morgan fingerprint density at radius 3 is 3.05 bits per heavy atom. The van der Waals surface area contributed by atoms with E-state index in [2.05, 4.69) is 10.3 Å². The van der Waals surface area contributed by atoms with E-state index in [-0.39, 0.29) is 30.8 Å². The van der Waals surface area contributed by atoms with Crippen LogP contribution in [0.2, 0.25) is 0 Å². The van der Waals surface area contributed by atoms with Crippen molar-refractivity contribution in [1.82, 2.24) is 10.3 Å². The van der Waals surface area contributed by atoms with Crippen LogP contribution in [0.5, 0.6) is 5.88 Å². The zero-order chi connectivity index (χ0) is 14.1. The Bertz CT molecular complexity index is 509. The first kappa shape index (κ1) is 13.3. The molecule has 0 radical (unpaired) electrons. The molecule has 1 aromatic rings. The molecule has 2 aliphatic rings. The number of aromatic nitrogens is 1. The van der Waals surface area contributed by atoms with Gasteiger partial charge < -0.3 is 24.6 Å². The number of nitrogens with one attached hydrogen (secondary N) is 1. The number of aliphatic hydroxyl groups is 1. The normalized spacial score (nSPS) is 31.9. The van der Waals surface area contributed by atoms with Crippen LogP contribution in [-0.4, -0.2) is 60.7 Å². The molecule has 20 heavy (non-hydrogen) atoms. The van der Waals surface area contributed by atoms with E-state index in [0.717, 1.165) is 0 Å². The van der Waals surface area contributed by atoms with Gasteiger partial charge in [0.15, 0.2) is 0 Å². The standard InChI is InChI=1S/C13H16N2O5/c1-18-10-4-7(2-3-14-10)13(17)15-8-5-19-12-9(16)6-20-11(8)12/h2-4,8-9,11-12,16H,5-6H2,1H3,(H,15,17)/t8-,9-,11+,12+/m0/s1. The number of rotatable bonds is 3. The van der Waals surface area contributed by atoms with Gasteiger partial charge in [0.25, 0.3) is 5.91 Å². The molecule has 2 saturated heterocycles. The second kappa shape index (κ2) is 5.35. The van der Waals surface area contributed by atoms with Gasteiger partial charge in [-0.25, -0.2) is 4.98 Å². The van der Waals surface area contributed by atoms with E-state index in [1.165, 1.54) is 13.3 Å². The average molecular weight is 280 g/mol. The maximum Gasteiger partial charge on any atom is 0.251 e. The van der Waals surface area contributed by atoms with Gasteiger partial charge in [0.05, 0.1) is 26.4 Å². The minimum atomic E-state index is -0.622. The third-order valence-corrected chi connectivity index (χ3v) is 3.55. The predicted molar refractivity (Wildman–Crippen MR) is 67.5 cm³/mol. The molecule has 7 nitrogen and oxygen atoms in total. The lowest BCUT2D eigenvalue weighted by Gasteiger charge is -2.17. The van der Waals surface area contributed by atoms with Crippen molar-refractivity contribution in [1.29, 1.82) is 0 Å². The van der Waals surface area contributed by atoms with E-state index in [4.69, 9.17) is 14.2 Å². The zero-order valence-corrected chi connectivity index (χ0v) is 11.0. The molecule has 3 heterocycles. The van der Waals surface area contributed by atoms with E-state index in [1.54, 1.807) is 12.1 Å². The molecule has 0 bridgehead atoms. The minimum absolute atomic E-state index is 0.241. The first-order valence-corrected chi connectivity index (χ1v) is 6.41. The van der Waals surface area contributed by atoms with Gasteiger partial charge in [-0.2, -0.15) is 0 Å². The van der Waals surface area contributed by atoms with Gasteiger partial charge in [0.1, 0.15) is 18.3 Å². The molecule has 2 N–H and O–H groups in total. The highest BCUT2D eigenvalue weighted by atomic mass is 16.6. The average Bonchev–Trinajstić information content (AvgIpc) is 3.03. The second-order valence-electron chi connectivity index (χ2n) is 4.83. The van der Waals surface area contributed by atoms with Crippen molar-refractivity contribution in [3.8, 4) is 5.88 Å². The van der Waals surface area contributed by atoms with Crippen LogP contribution in [0, 0.1) is 0 Å². The lowest BCUT2D eigenvalue weighted by molar-refractivity contribution is 0.0178. The molecule has 4 atom stereocenters. The van der Waals surface area contributed by atoms with Gasteiger partial charge in [0, 0.05) is 17.8 Å². The lowest BCUT2D eigenvalue weighted by atomic mass is 10.1. The van der Waals surface area contributed by atoms with Crippen molar-refractivity contribution in [2.24, 2.45) is 0 Å². The molecule has 1 aromatic heterocycles. The molecule has 0 aliphatic carbocycles. The van der Waals surface area contributed by atoms with Crippen LogP contribution < -0.4 is 10.1 Å². The first-order valence-electron chi connectivity index (χ1n) is 6.41. The number of ether oxygens (including phenoxy) is 3. The third-order valence-electron chi connectivity index (χ3n) is 3.55. The van der Waals surface area contributed by atoms with E-state index in [1.807, 2.05) is 0 Å². The highest BCUT2D eigenvalue weighted by Gasteiger charge is 2.47. The molecule has 1 amide bonds. The summed E-state index contributed by atoms with van der Waals surface area (Å²) in [5.41, 5.74) is 0.457. The van der Waals surface area contributed by atoms with Crippen molar-refractivity contribution < 1.29 is 24.1 Å². The quantitative estimate of drug-likeness (QED) is 0.764. The number of methoxy groups -OCH3 is 1. The van der Waals surface area contributed by atoms with Crippen LogP contribution in [0.3, 0.4) is 0 Å². The molecule has 3 rings (SSSR count). The van der Waals surface area contributed by atoms with E-state index < -0.39 is 6.10 Å². The number of carbonyl (C=O) groups is 1. The molecule has 0 unspecified atom stereocenters.